The van der Waals surface area contributed by atoms with Crippen molar-refractivity contribution in [3.63, 3.8) is 0 Å². The van der Waals surface area contributed by atoms with Gasteiger partial charge in [-0.3, -0.25) is 0 Å². The fourth-order valence-corrected chi connectivity index (χ4v) is 3.19. The molecule has 1 aliphatic rings. The molecule has 0 spiro atoms. The van der Waals surface area contributed by atoms with Crippen molar-refractivity contribution < 1.29 is 9.47 Å². The van der Waals surface area contributed by atoms with Gasteiger partial charge in [-0.15, -0.1) is 0 Å². The highest BCUT2D eigenvalue weighted by Gasteiger charge is 2.22. The third-order valence-electron chi connectivity index (χ3n) is 2.95. The number of methoxy groups -OCH3 is 2. The molecule has 4 heteroatoms. The van der Waals surface area contributed by atoms with E-state index in [-0.39, 0.29) is 0 Å². The van der Waals surface area contributed by atoms with Gasteiger partial charge in [0.05, 0.1) is 14.2 Å². The number of nitrogens with one attached hydrogen (secondary N) is 1. The van der Waals surface area contributed by atoms with Crippen molar-refractivity contribution >= 4 is 11.8 Å². The lowest BCUT2D eigenvalue weighted by Gasteiger charge is -2.29. The van der Waals surface area contributed by atoms with E-state index >= 15 is 0 Å². The second kappa shape index (κ2) is 5.65. The average Bonchev–Trinajstić information content (AvgIpc) is 2.38. The van der Waals surface area contributed by atoms with Gasteiger partial charge in [0.2, 0.25) is 0 Å². The molecule has 0 aliphatic carbocycles. The molecule has 17 heavy (non-hydrogen) atoms. The molecule has 2 atom stereocenters. The van der Waals surface area contributed by atoms with E-state index < -0.39 is 0 Å². The van der Waals surface area contributed by atoms with E-state index in [1.54, 1.807) is 14.2 Å². The fraction of sp³-hybridized carbons (Fsp3) is 0.538. The lowest BCUT2D eigenvalue weighted by Crippen LogP contribution is -2.38. The van der Waals surface area contributed by atoms with Gasteiger partial charge >= 0.3 is 0 Å². The largest absolute Gasteiger partial charge is 0.497 e. The molecule has 1 fully saturated rings. The Morgan fingerprint density at radius 3 is 2.71 bits per heavy atom. The van der Waals surface area contributed by atoms with Crippen LogP contribution in [0.25, 0.3) is 0 Å². The lowest BCUT2D eigenvalue weighted by atomic mass is 10.1. The molecule has 1 saturated heterocycles. The topological polar surface area (TPSA) is 30.5 Å². The molecule has 3 nitrogen and oxygen atoms in total. The average molecular weight is 253 g/mol. The van der Waals surface area contributed by atoms with Gasteiger partial charge in [-0.1, -0.05) is 6.07 Å². The quantitative estimate of drug-likeness (QED) is 0.896. The minimum atomic E-state index is 0.365. The monoisotopic (exact) mass is 253 g/mol. The first-order valence-corrected chi connectivity index (χ1v) is 6.95. The van der Waals surface area contributed by atoms with E-state index in [0.717, 1.165) is 17.3 Å². The van der Waals surface area contributed by atoms with E-state index in [1.165, 1.54) is 11.3 Å². The molecule has 0 aromatic heterocycles. The zero-order chi connectivity index (χ0) is 12.3. The first-order valence-electron chi connectivity index (χ1n) is 5.80. The summed E-state index contributed by atoms with van der Waals surface area (Å²) in [6.07, 6.45) is 0. The molecule has 0 bridgehead atoms. The van der Waals surface area contributed by atoms with Crippen LogP contribution in [0.5, 0.6) is 11.5 Å². The van der Waals surface area contributed by atoms with Crippen molar-refractivity contribution in [2.24, 2.45) is 0 Å². The summed E-state index contributed by atoms with van der Waals surface area (Å²) in [4.78, 5) is 0. The van der Waals surface area contributed by atoms with Crippen molar-refractivity contribution in [2.45, 2.75) is 19.0 Å². The summed E-state index contributed by atoms with van der Waals surface area (Å²) in [5, 5.41) is 3.60. The minimum Gasteiger partial charge on any atom is -0.497 e. The zero-order valence-corrected chi connectivity index (χ0v) is 11.3. The predicted molar refractivity (Wildman–Crippen MR) is 72.2 cm³/mol. The van der Waals surface area contributed by atoms with Crippen molar-refractivity contribution in [1.29, 1.82) is 0 Å². The van der Waals surface area contributed by atoms with Crippen molar-refractivity contribution in [3.05, 3.63) is 23.8 Å². The molecule has 1 heterocycles. The smallest absolute Gasteiger partial charge is 0.127 e. The summed E-state index contributed by atoms with van der Waals surface area (Å²) in [5.74, 6) is 4.00. The highest BCUT2D eigenvalue weighted by molar-refractivity contribution is 7.99. The molecule has 0 saturated carbocycles. The van der Waals surface area contributed by atoms with E-state index in [9.17, 15) is 0 Å². The molecule has 0 radical (unpaired) electrons. The molecule has 1 aromatic rings. The van der Waals surface area contributed by atoms with Gasteiger partial charge in [-0.2, -0.15) is 11.8 Å². The molecule has 2 rings (SSSR count). The van der Waals surface area contributed by atoms with Crippen LogP contribution in [0.3, 0.4) is 0 Å². The minimum absolute atomic E-state index is 0.365. The molecular weight excluding hydrogens is 234 g/mol. The van der Waals surface area contributed by atoms with Crippen molar-refractivity contribution in [2.75, 3.05) is 25.7 Å². The Hall–Kier alpha value is -0.870. The summed E-state index contributed by atoms with van der Waals surface area (Å²) in [7, 11) is 3.38. The van der Waals surface area contributed by atoms with E-state index in [2.05, 4.69) is 18.3 Å². The van der Waals surface area contributed by atoms with Gasteiger partial charge in [0.1, 0.15) is 11.5 Å². The summed E-state index contributed by atoms with van der Waals surface area (Å²) < 4.78 is 10.7. The molecule has 0 amide bonds. The molecule has 1 aromatic carbocycles. The Bertz CT molecular complexity index is 384. The van der Waals surface area contributed by atoms with Gasteiger partial charge in [0.15, 0.2) is 0 Å². The summed E-state index contributed by atoms with van der Waals surface area (Å²) in [5.41, 5.74) is 1.22. The number of ether oxygens (including phenoxy) is 2. The maximum absolute atomic E-state index is 5.45. The van der Waals surface area contributed by atoms with Crippen LogP contribution < -0.4 is 14.8 Å². The molecule has 2 unspecified atom stereocenters. The van der Waals surface area contributed by atoms with Crippen LogP contribution in [0.1, 0.15) is 18.5 Å². The Kier molecular flexibility index (Phi) is 4.18. The predicted octanol–water partition coefficient (Wildman–Crippen LogP) is 2.47. The maximum atomic E-state index is 5.45. The molecule has 1 aliphatic heterocycles. The van der Waals surface area contributed by atoms with Crippen LogP contribution in [0.4, 0.5) is 0 Å². The molecule has 1 N–H and O–H groups in total. The van der Waals surface area contributed by atoms with Gasteiger partial charge in [-0.25, -0.2) is 0 Å². The van der Waals surface area contributed by atoms with Crippen molar-refractivity contribution in [1.82, 2.24) is 5.32 Å². The van der Waals surface area contributed by atoms with E-state index in [1.807, 2.05) is 23.9 Å². The molecule has 94 valence electrons. The van der Waals surface area contributed by atoms with Crippen LogP contribution in [-0.2, 0) is 0 Å². The van der Waals surface area contributed by atoms with Gasteiger partial charge in [0.25, 0.3) is 0 Å². The van der Waals surface area contributed by atoms with E-state index in [0.29, 0.717) is 12.1 Å². The second-order valence-electron chi connectivity index (χ2n) is 4.27. The highest BCUT2D eigenvalue weighted by Crippen LogP contribution is 2.33. The lowest BCUT2D eigenvalue weighted by molar-refractivity contribution is 0.383. The van der Waals surface area contributed by atoms with E-state index in [4.69, 9.17) is 9.47 Å². The number of hydrogen-bond donors (Lipinski definition) is 1. The van der Waals surface area contributed by atoms with Crippen LogP contribution in [0, 0.1) is 0 Å². The SMILES string of the molecule is COc1ccc(C2CSCC(C)N2)c(OC)c1. The molecular formula is C13H19NO2S. The third kappa shape index (κ3) is 2.87. The second-order valence-corrected chi connectivity index (χ2v) is 5.34. The van der Waals surface area contributed by atoms with Gasteiger partial charge in [0, 0.05) is 35.2 Å². The van der Waals surface area contributed by atoms with Gasteiger partial charge in [-0.05, 0) is 13.0 Å². The number of hydrogen-bond acceptors (Lipinski definition) is 4. The third-order valence-corrected chi connectivity index (χ3v) is 4.26. The zero-order valence-electron chi connectivity index (χ0n) is 10.5. The fourth-order valence-electron chi connectivity index (χ4n) is 2.09. The Balaban J connectivity index is 2.24. The normalized spacial score (nSPS) is 24.4. The van der Waals surface area contributed by atoms with Crippen LogP contribution >= 0.6 is 11.8 Å². The van der Waals surface area contributed by atoms with Crippen LogP contribution in [0.15, 0.2) is 18.2 Å². The number of thioether (sulfide) groups is 1. The van der Waals surface area contributed by atoms with Crippen molar-refractivity contribution in [3.8, 4) is 11.5 Å². The first-order chi connectivity index (χ1) is 8.24. The summed E-state index contributed by atoms with van der Waals surface area (Å²) in [6.45, 7) is 2.22. The van der Waals surface area contributed by atoms with Crippen LogP contribution in [0.2, 0.25) is 0 Å². The Morgan fingerprint density at radius 1 is 1.24 bits per heavy atom. The highest BCUT2D eigenvalue weighted by atomic mass is 32.2. The first kappa shape index (κ1) is 12.6. The standard InChI is InChI=1S/C13H19NO2S/c1-9-7-17-8-12(14-9)11-5-4-10(15-2)6-13(11)16-3/h4-6,9,12,14H,7-8H2,1-3H3. The number of benzene rings is 1. The number of rotatable bonds is 3. The van der Waals surface area contributed by atoms with Gasteiger partial charge < -0.3 is 14.8 Å². The maximum Gasteiger partial charge on any atom is 0.127 e. The Labute approximate surface area is 107 Å². The Morgan fingerprint density at radius 2 is 2.06 bits per heavy atom. The van der Waals surface area contributed by atoms with Crippen LogP contribution in [-0.4, -0.2) is 31.8 Å². The summed E-state index contributed by atoms with van der Waals surface area (Å²) in [6, 6.07) is 6.94. The summed E-state index contributed by atoms with van der Waals surface area (Å²) >= 11 is 1.99.